The van der Waals surface area contributed by atoms with Gasteiger partial charge in [0.25, 0.3) is 5.91 Å². The second-order valence-corrected chi connectivity index (χ2v) is 9.58. The minimum absolute atomic E-state index is 0.126. The molecule has 1 aromatic carbocycles. The quantitative estimate of drug-likeness (QED) is 0.378. The van der Waals surface area contributed by atoms with Gasteiger partial charge in [-0.05, 0) is 62.4 Å². The molecule has 0 bridgehead atoms. The monoisotopic (exact) mass is 540 g/mol. The molecule has 1 saturated carbocycles. The minimum atomic E-state index is -4.97. The molecule has 9 nitrogen and oxygen atoms in total. The highest BCUT2D eigenvalue weighted by molar-refractivity contribution is 7.19. The Labute approximate surface area is 213 Å². The van der Waals surface area contributed by atoms with Crippen molar-refractivity contribution in [1.82, 2.24) is 20.4 Å². The molecule has 1 aliphatic rings. The molecule has 3 aromatic rings. The zero-order chi connectivity index (χ0) is 26.6. The normalized spacial score (nSPS) is 18.8. The highest BCUT2D eigenvalue weighted by atomic mass is 32.1. The van der Waals surface area contributed by atoms with Crippen LogP contribution in [0.4, 0.5) is 27.8 Å². The molecule has 1 aliphatic carbocycles. The molecule has 4 rings (SSSR count). The van der Waals surface area contributed by atoms with Crippen molar-refractivity contribution in [2.24, 2.45) is 0 Å². The molecular formula is C23H24F4N6O3S. The van der Waals surface area contributed by atoms with E-state index < -0.39 is 35.5 Å². The van der Waals surface area contributed by atoms with Crippen LogP contribution in [0, 0.1) is 12.7 Å². The molecule has 0 unspecified atom stereocenters. The Morgan fingerprint density at radius 3 is 2.51 bits per heavy atom. The molecule has 2 N–H and O–H groups in total. The predicted octanol–water partition coefficient (Wildman–Crippen LogP) is 5.14. The number of benzene rings is 1. The van der Waals surface area contributed by atoms with Gasteiger partial charge in [-0.15, -0.1) is 23.4 Å². The fourth-order valence-electron chi connectivity index (χ4n) is 4.19. The van der Waals surface area contributed by atoms with E-state index in [-0.39, 0.29) is 11.2 Å². The molecule has 2 aromatic heterocycles. The van der Waals surface area contributed by atoms with Gasteiger partial charge in [0.1, 0.15) is 11.6 Å². The highest BCUT2D eigenvalue weighted by Crippen LogP contribution is 2.34. The number of nitrogens with zero attached hydrogens (tertiary/aromatic N) is 4. The Morgan fingerprint density at radius 2 is 1.84 bits per heavy atom. The van der Waals surface area contributed by atoms with Gasteiger partial charge in [0.05, 0.1) is 11.9 Å². The average Bonchev–Trinajstić information content (AvgIpc) is 3.27. The number of anilines is 2. The lowest BCUT2D eigenvalue weighted by molar-refractivity contribution is -0.274. The zero-order valence-electron chi connectivity index (χ0n) is 19.9. The molecule has 1 atom stereocenters. The maximum atomic E-state index is 14.3. The van der Waals surface area contributed by atoms with Crippen molar-refractivity contribution in [3.05, 3.63) is 53.1 Å². The summed E-state index contributed by atoms with van der Waals surface area (Å²) in [5, 5.41) is 22.7. The lowest BCUT2D eigenvalue weighted by Gasteiger charge is -2.28. The molecule has 37 heavy (non-hydrogen) atoms. The van der Waals surface area contributed by atoms with Crippen LogP contribution in [0.5, 0.6) is 5.75 Å². The maximum Gasteiger partial charge on any atom is 0.573 e. The van der Waals surface area contributed by atoms with Crippen LogP contribution in [-0.4, -0.2) is 45.8 Å². The summed E-state index contributed by atoms with van der Waals surface area (Å²) >= 11 is 1.08. The van der Waals surface area contributed by atoms with E-state index in [0.717, 1.165) is 73.6 Å². The molecule has 1 amide bonds. The van der Waals surface area contributed by atoms with Crippen molar-refractivity contribution in [3.8, 4) is 5.75 Å². The lowest BCUT2D eigenvalue weighted by Crippen LogP contribution is -2.25. The van der Waals surface area contributed by atoms with E-state index in [0.29, 0.717) is 11.0 Å². The first-order chi connectivity index (χ1) is 17.6. The Kier molecular flexibility index (Phi) is 8.17. The van der Waals surface area contributed by atoms with E-state index in [1.807, 2.05) is 6.92 Å². The minimum Gasteiger partial charge on any atom is -0.406 e. The summed E-state index contributed by atoms with van der Waals surface area (Å²) < 4.78 is 60.8. The number of rotatable bonds is 8. The van der Waals surface area contributed by atoms with Crippen LogP contribution in [0.15, 0.2) is 30.5 Å². The fraction of sp³-hybridized carbons (Fsp3) is 0.435. The van der Waals surface area contributed by atoms with Crippen LogP contribution in [0.3, 0.4) is 0 Å². The van der Waals surface area contributed by atoms with Crippen LogP contribution >= 0.6 is 11.3 Å². The second-order valence-electron chi connectivity index (χ2n) is 8.60. The number of carbonyl (C=O) groups excluding carboxylic acids is 1. The number of alkyl halides is 3. The number of aromatic nitrogens is 4. The third kappa shape index (κ3) is 7.10. The number of carbonyl (C=O) groups is 1. The molecular weight excluding hydrogens is 516 g/mol. The fourth-order valence-corrected chi connectivity index (χ4v) is 4.92. The predicted molar refractivity (Wildman–Crippen MR) is 127 cm³/mol. The van der Waals surface area contributed by atoms with Crippen molar-refractivity contribution in [3.63, 3.8) is 0 Å². The van der Waals surface area contributed by atoms with Crippen LogP contribution in [-0.2, 0) is 9.53 Å². The van der Waals surface area contributed by atoms with E-state index in [1.54, 1.807) is 6.20 Å². The SMILES string of the molecule is CO[C@@H](C(=O)Nc1nnc(NC2CCC(c3cc(C)cnn3)CC2)s1)c1cc(OC(F)(F)F)ccc1F. The van der Waals surface area contributed by atoms with Gasteiger partial charge in [-0.2, -0.15) is 10.2 Å². The Morgan fingerprint density at radius 1 is 1.11 bits per heavy atom. The molecule has 1 fully saturated rings. The van der Waals surface area contributed by atoms with Crippen molar-refractivity contribution >= 4 is 27.5 Å². The summed E-state index contributed by atoms with van der Waals surface area (Å²) in [5.41, 5.74) is 1.66. The molecule has 2 heterocycles. The molecule has 0 aliphatic heterocycles. The van der Waals surface area contributed by atoms with Gasteiger partial charge < -0.3 is 14.8 Å². The Balaban J connectivity index is 1.34. The number of methoxy groups -OCH3 is 1. The van der Waals surface area contributed by atoms with Crippen molar-refractivity contribution in [2.75, 3.05) is 17.7 Å². The van der Waals surface area contributed by atoms with Gasteiger partial charge in [0, 0.05) is 24.6 Å². The smallest absolute Gasteiger partial charge is 0.406 e. The van der Waals surface area contributed by atoms with Crippen LogP contribution in [0.1, 0.15) is 54.5 Å². The molecule has 0 radical (unpaired) electrons. The van der Waals surface area contributed by atoms with Crippen molar-refractivity contribution < 1.29 is 31.8 Å². The van der Waals surface area contributed by atoms with Crippen molar-refractivity contribution in [2.45, 2.75) is 57.0 Å². The largest absolute Gasteiger partial charge is 0.573 e. The maximum absolute atomic E-state index is 14.3. The van der Waals surface area contributed by atoms with Gasteiger partial charge in [-0.3, -0.25) is 10.1 Å². The van der Waals surface area contributed by atoms with Gasteiger partial charge >= 0.3 is 6.36 Å². The first kappa shape index (κ1) is 26.7. The van der Waals surface area contributed by atoms with Gasteiger partial charge in [-0.25, -0.2) is 4.39 Å². The number of aryl methyl sites for hydroxylation is 1. The number of hydrogen-bond donors (Lipinski definition) is 2. The summed E-state index contributed by atoms with van der Waals surface area (Å²) in [7, 11) is 1.13. The summed E-state index contributed by atoms with van der Waals surface area (Å²) in [6.45, 7) is 1.99. The molecule has 0 saturated heterocycles. The van der Waals surface area contributed by atoms with E-state index in [4.69, 9.17) is 4.74 Å². The summed E-state index contributed by atoms with van der Waals surface area (Å²) in [5.74, 6) is -2.08. The standard InChI is InChI=1S/C23H24F4N6O3S/c1-12-9-18(31-28-11-12)13-3-5-14(6-4-13)29-21-32-33-22(37-21)30-20(34)19(35-2)16-10-15(7-8-17(16)24)36-23(25,26)27/h7-11,13-14,19H,3-6H2,1-2H3,(H,29,32)(H,30,33,34)/t13?,14?,19-/m1/s1. The summed E-state index contributed by atoms with van der Waals surface area (Å²) in [6.07, 6.45) is -1.12. The van der Waals surface area contributed by atoms with Crippen LogP contribution in [0.2, 0.25) is 0 Å². The summed E-state index contributed by atoms with van der Waals surface area (Å²) in [6, 6.07) is 4.57. The summed E-state index contributed by atoms with van der Waals surface area (Å²) in [4.78, 5) is 12.7. The second kappa shape index (κ2) is 11.3. The first-order valence-electron chi connectivity index (χ1n) is 11.4. The Bertz CT molecular complexity index is 1230. The number of nitrogens with one attached hydrogen (secondary N) is 2. The molecule has 0 spiro atoms. The van der Waals surface area contributed by atoms with Gasteiger partial charge in [-0.1, -0.05) is 11.3 Å². The van der Waals surface area contributed by atoms with E-state index in [1.165, 1.54) is 0 Å². The third-order valence-electron chi connectivity index (χ3n) is 5.90. The average molecular weight is 541 g/mol. The number of halogens is 4. The molecule has 14 heteroatoms. The zero-order valence-corrected chi connectivity index (χ0v) is 20.7. The van der Waals surface area contributed by atoms with Crippen LogP contribution < -0.4 is 15.4 Å². The van der Waals surface area contributed by atoms with E-state index in [9.17, 15) is 22.4 Å². The van der Waals surface area contributed by atoms with E-state index >= 15 is 0 Å². The molecule has 198 valence electrons. The topological polar surface area (TPSA) is 111 Å². The first-order valence-corrected chi connectivity index (χ1v) is 12.2. The third-order valence-corrected chi connectivity index (χ3v) is 6.67. The highest BCUT2D eigenvalue weighted by Gasteiger charge is 2.32. The number of amides is 1. The lowest BCUT2D eigenvalue weighted by atomic mass is 9.84. The van der Waals surface area contributed by atoms with Crippen molar-refractivity contribution in [1.29, 1.82) is 0 Å². The number of hydrogen-bond acceptors (Lipinski definition) is 9. The van der Waals surface area contributed by atoms with Crippen LogP contribution in [0.25, 0.3) is 0 Å². The Hall–Kier alpha value is -3.39. The van der Waals surface area contributed by atoms with E-state index in [2.05, 4.69) is 41.8 Å². The number of ether oxygens (including phenoxy) is 2. The van der Waals surface area contributed by atoms with Gasteiger partial charge in [0.2, 0.25) is 10.3 Å². The van der Waals surface area contributed by atoms with Gasteiger partial charge in [0.15, 0.2) is 6.10 Å².